The lowest BCUT2D eigenvalue weighted by atomic mass is 10.0. The molecule has 6 heteroatoms. The Labute approximate surface area is 110 Å². The minimum absolute atomic E-state index is 0.0609. The number of carbonyl (C=O) groups is 2. The van der Waals surface area contributed by atoms with Crippen molar-refractivity contribution in [2.45, 2.75) is 6.10 Å². The van der Waals surface area contributed by atoms with Crippen molar-refractivity contribution in [2.24, 2.45) is 0 Å². The molecule has 102 valence electrons. The first-order valence-electron chi connectivity index (χ1n) is 5.89. The lowest BCUT2D eigenvalue weighted by Gasteiger charge is -2.30. The molecule has 1 fully saturated rings. The first kappa shape index (κ1) is 13.4. The van der Waals surface area contributed by atoms with Gasteiger partial charge in [0.1, 0.15) is 11.9 Å². The zero-order valence-electron chi connectivity index (χ0n) is 10.5. The maximum absolute atomic E-state index is 12.2. The summed E-state index contributed by atoms with van der Waals surface area (Å²) in [5.41, 5.74) is 0.455. The number of methoxy groups -OCH3 is 1. The van der Waals surface area contributed by atoms with Gasteiger partial charge in [-0.25, -0.2) is 4.79 Å². The number of ketones is 1. The van der Waals surface area contributed by atoms with Crippen LogP contribution in [0.4, 0.5) is 4.79 Å². The van der Waals surface area contributed by atoms with E-state index in [0.717, 1.165) is 0 Å². The standard InChI is InChI=1S/C13H15NO5/c1-18-10-4-2-3-9(7-10)12(15)11-8-14(13(16)17)5-6-19-11/h2-4,7,11H,5-6,8H2,1H3,(H,16,17)/t11-/m0/s1. The predicted octanol–water partition coefficient (Wildman–Crippen LogP) is 1.26. The lowest BCUT2D eigenvalue weighted by molar-refractivity contribution is -0.0111. The molecule has 1 saturated heterocycles. The Bertz CT molecular complexity index is 488. The number of carboxylic acid groups (broad SMARTS) is 1. The fourth-order valence-corrected chi connectivity index (χ4v) is 1.94. The van der Waals surface area contributed by atoms with Gasteiger partial charge in [-0.2, -0.15) is 0 Å². The van der Waals surface area contributed by atoms with Crippen molar-refractivity contribution >= 4 is 11.9 Å². The molecule has 1 N–H and O–H groups in total. The summed E-state index contributed by atoms with van der Waals surface area (Å²) in [4.78, 5) is 24.3. The normalized spacial score (nSPS) is 19.0. The fourth-order valence-electron chi connectivity index (χ4n) is 1.94. The molecule has 0 bridgehead atoms. The molecule has 1 amide bonds. The van der Waals surface area contributed by atoms with Crippen LogP contribution in [-0.4, -0.2) is 54.8 Å². The van der Waals surface area contributed by atoms with Crippen LogP contribution in [0, 0.1) is 0 Å². The molecule has 0 radical (unpaired) electrons. The van der Waals surface area contributed by atoms with E-state index in [0.29, 0.717) is 11.3 Å². The third-order valence-electron chi connectivity index (χ3n) is 2.98. The van der Waals surface area contributed by atoms with Gasteiger partial charge in [-0.15, -0.1) is 0 Å². The highest BCUT2D eigenvalue weighted by Gasteiger charge is 2.29. The Morgan fingerprint density at radius 1 is 1.47 bits per heavy atom. The van der Waals surface area contributed by atoms with E-state index >= 15 is 0 Å². The number of amides is 1. The number of morpholine rings is 1. The number of rotatable bonds is 3. The minimum Gasteiger partial charge on any atom is -0.497 e. The van der Waals surface area contributed by atoms with E-state index in [2.05, 4.69) is 0 Å². The van der Waals surface area contributed by atoms with Crippen molar-refractivity contribution < 1.29 is 24.2 Å². The summed E-state index contributed by atoms with van der Waals surface area (Å²) in [6, 6.07) is 6.73. The van der Waals surface area contributed by atoms with Crippen molar-refractivity contribution in [2.75, 3.05) is 26.8 Å². The smallest absolute Gasteiger partial charge is 0.407 e. The summed E-state index contributed by atoms with van der Waals surface area (Å²) in [7, 11) is 1.52. The van der Waals surface area contributed by atoms with Crippen molar-refractivity contribution in [1.82, 2.24) is 4.90 Å². The molecular weight excluding hydrogens is 250 g/mol. The van der Waals surface area contributed by atoms with Gasteiger partial charge in [0.15, 0.2) is 5.78 Å². The summed E-state index contributed by atoms with van der Waals surface area (Å²) in [6.07, 6.45) is -1.79. The van der Waals surface area contributed by atoms with E-state index in [9.17, 15) is 9.59 Å². The molecule has 1 atom stereocenters. The number of benzene rings is 1. The summed E-state index contributed by atoms with van der Waals surface area (Å²) < 4.78 is 10.4. The number of hydrogen-bond acceptors (Lipinski definition) is 4. The van der Waals surface area contributed by atoms with Gasteiger partial charge >= 0.3 is 6.09 Å². The Kier molecular flexibility index (Phi) is 4.01. The Morgan fingerprint density at radius 2 is 2.26 bits per heavy atom. The summed E-state index contributed by atoms with van der Waals surface area (Å²) in [5.74, 6) is 0.349. The number of Topliss-reactive ketones (excluding diaryl/α,β-unsaturated/α-hetero) is 1. The SMILES string of the molecule is COc1cccc(C(=O)[C@@H]2CN(C(=O)O)CCO2)c1. The monoisotopic (exact) mass is 265 g/mol. The van der Waals surface area contributed by atoms with Crippen LogP contribution in [0.15, 0.2) is 24.3 Å². The van der Waals surface area contributed by atoms with Crippen molar-refractivity contribution in [3.05, 3.63) is 29.8 Å². The van der Waals surface area contributed by atoms with E-state index < -0.39 is 12.2 Å². The third kappa shape index (κ3) is 3.03. The number of nitrogens with zero attached hydrogens (tertiary/aromatic N) is 1. The van der Waals surface area contributed by atoms with Crippen molar-refractivity contribution in [3.8, 4) is 5.75 Å². The number of hydrogen-bond donors (Lipinski definition) is 1. The van der Waals surface area contributed by atoms with Crippen LogP contribution in [0.25, 0.3) is 0 Å². The second kappa shape index (κ2) is 5.71. The molecule has 1 aromatic rings. The van der Waals surface area contributed by atoms with E-state index in [1.807, 2.05) is 0 Å². The van der Waals surface area contributed by atoms with Crippen LogP contribution >= 0.6 is 0 Å². The first-order chi connectivity index (χ1) is 9.11. The first-order valence-corrected chi connectivity index (χ1v) is 5.89. The lowest BCUT2D eigenvalue weighted by Crippen LogP contribution is -2.48. The zero-order valence-corrected chi connectivity index (χ0v) is 10.5. The maximum atomic E-state index is 12.2. The van der Waals surface area contributed by atoms with Gasteiger partial charge in [-0.3, -0.25) is 4.79 Å². The molecule has 1 heterocycles. The van der Waals surface area contributed by atoms with Gasteiger partial charge in [0, 0.05) is 12.1 Å². The average molecular weight is 265 g/mol. The predicted molar refractivity (Wildman–Crippen MR) is 66.7 cm³/mol. The molecule has 0 aliphatic carbocycles. The Balaban J connectivity index is 2.12. The van der Waals surface area contributed by atoms with Crippen LogP contribution in [0.1, 0.15) is 10.4 Å². The highest BCUT2D eigenvalue weighted by Crippen LogP contribution is 2.17. The molecule has 1 aromatic carbocycles. The summed E-state index contributed by atoms with van der Waals surface area (Å²) in [6.45, 7) is 0.579. The number of ether oxygens (including phenoxy) is 2. The van der Waals surface area contributed by atoms with E-state index in [1.165, 1.54) is 12.0 Å². The fraction of sp³-hybridized carbons (Fsp3) is 0.385. The second-order valence-electron chi connectivity index (χ2n) is 4.18. The molecule has 6 nitrogen and oxygen atoms in total. The van der Waals surface area contributed by atoms with E-state index in [-0.39, 0.29) is 25.5 Å². The maximum Gasteiger partial charge on any atom is 0.407 e. The Hall–Kier alpha value is -2.08. The molecule has 0 unspecified atom stereocenters. The molecule has 0 saturated carbocycles. The van der Waals surface area contributed by atoms with E-state index in [4.69, 9.17) is 14.6 Å². The molecule has 1 aliphatic rings. The van der Waals surface area contributed by atoms with Gasteiger partial charge in [-0.05, 0) is 12.1 Å². The minimum atomic E-state index is -1.04. The van der Waals surface area contributed by atoms with Gasteiger partial charge in [0.25, 0.3) is 0 Å². The second-order valence-corrected chi connectivity index (χ2v) is 4.18. The molecular formula is C13H15NO5. The molecule has 2 rings (SSSR count). The van der Waals surface area contributed by atoms with Crippen molar-refractivity contribution in [1.29, 1.82) is 0 Å². The number of carbonyl (C=O) groups excluding carboxylic acids is 1. The average Bonchev–Trinajstić information content (AvgIpc) is 2.46. The molecule has 19 heavy (non-hydrogen) atoms. The highest BCUT2D eigenvalue weighted by atomic mass is 16.5. The molecule has 1 aliphatic heterocycles. The molecule has 0 spiro atoms. The van der Waals surface area contributed by atoms with Crippen molar-refractivity contribution in [3.63, 3.8) is 0 Å². The van der Waals surface area contributed by atoms with Crippen LogP contribution in [-0.2, 0) is 4.74 Å². The molecule has 0 aromatic heterocycles. The van der Waals surface area contributed by atoms with Crippen LogP contribution in [0.5, 0.6) is 5.75 Å². The van der Waals surface area contributed by atoms with Crippen LogP contribution in [0.3, 0.4) is 0 Å². The zero-order chi connectivity index (χ0) is 13.8. The van der Waals surface area contributed by atoms with Gasteiger partial charge in [0.05, 0.1) is 20.3 Å². The van der Waals surface area contributed by atoms with Crippen LogP contribution < -0.4 is 4.74 Å². The van der Waals surface area contributed by atoms with Crippen LogP contribution in [0.2, 0.25) is 0 Å². The topological polar surface area (TPSA) is 76.1 Å². The summed E-state index contributed by atoms with van der Waals surface area (Å²) >= 11 is 0. The summed E-state index contributed by atoms with van der Waals surface area (Å²) in [5, 5.41) is 8.93. The third-order valence-corrected chi connectivity index (χ3v) is 2.98. The quantitative estimate of drug-likeness (QED) is 0.832. The van der Waals surface area contributed by atoms with Gasteiger partial charge in [-0.1, -0.05) is 12.1 Å². The highest BCUT2D eigenvalue weighted by molar-refractivity contribution is 6.00. The van der Waals surface area contributed by atoms with Gasteiger partial charge < -0.3 is 19.5 Å². The van der Waals surface area contributed by atoms with Gasteiger partial charge in [0.2, 0.25) is 0 Å². The van der Waals surface area contributed by atoms with E-state index in [1.54, 1.807) is 24.3 Å². The largest absolute Gasteiger partial charge is 0.497 e. The Morgan fingerprint density at radius 3 is 2.95 bits per heavy atom.